The summed E-state index contributed by atoms with van der Waals surface area (Å²) in [6.07, 6.45) is 1.34. The normalized spacial score (nSPS) is 20.9. The van der Waals surface area contributed by atoms with Crippen LogP contribution in [0.5, 0.6) is 0 Å². The number of ether oxygens (including phenoxy) is 1. The summed E-state index contributed by atoms with van der Waals surface area (Å²) in [5.41, 5.74) is 1.91. The molecule has 5 nitrogen and oxygen atoms in total. The Balaban J connectivity index is 1.75. The molecule has 1 amide bonds. The summed E-state index contributed by atoms with van der Waals surface area (Å²) in [5.74, 6) is 0.0827. The first-order valence-corrected chi connectivity index (χ1v) is 8.67. The van der Waals surface area contributed by atoms with E-state index in [0.717, 1.165) is 33.6 Å². The molecule has 1 unspecified atom stereocenters. The molecule has 1 aliphatic heterocycles. The second-order valence-electron chi connectivity index (χ2n) is 6.70. The van der Waals surface area contributed by atoms with Gasteiger partial charge in [0.2, 0.25) is 0 Å². The largest absolute Gasteiger partial charge is 0.393 e. The van der Waals surface area contributed by atoms with Crippen molar-refractivity contribution in [3.8, 4) is 0 Å². The number of carbonyl (C=O) groups is 1. The zero-order valence-electron chi connectivity index (χ0n) is 14.0. The van der Waals surface area contributed by atoms with E-state index in [1.165, 1.54) is 0 Å². The molecule has 3 N–H and O–H groups in total. The van der Waals surface area contributed by atoms with Gasteiger partial charge in [0.15, 0.2) is 5.60 Å². The van der Waals surface area contributed by atoms with Crippen LogP contribution < -0.4 is 5.32 Å². The molecule has 1 aromatic carbocycles. The van der Waals surface area contributed by atoms with E-state index >= 15 is 0 Å². The molecule has 0 bridgehead atoms. The molecular formula is C18H23ClN2O3. The lowest BCUT2D eigenvalue weighted by Crippen LogP contribution is -2.48. The Morgan fingerprint density at radius 3 is 2.88 bits per heavy atom. The standard InChI is InChI=1S/C18H23ClN2O3/c1-11(2)14-8-16-12(7-15(14)19)6-13(21-16)9-20-17(23)18(10-22)4-3-5-24-18/h6-8,11,21-22H,3-5,9-10H2,1-2H3,(H,20,23). The predicted octanol–water partition coefficient (Wildman–Crippen LogP) is 3.10. The van der Waals surface area contributed by atoms with Crippen LogP contribution in [0.3, 0.4) is 0 Å². The molecule has 0 aliphatic carbocycles. The summed E-state index contributed by atoms with van der Waals surface area (Å²) in [4.78, 5) is 15.7. The molecule has 3 rings (SSSR count). The third-order valence-corrected chi connectivity index (χ3v) is 4.96. The van der Waals surface area contributed by atoms with Crippen LogP contribution in [0, 0.1) is 0 Å². The van der Waals surface area contributed by atoms with Gasteiger partial charge in [-0.1, -0.05) is 25.4 Å². The van der Waals surface area contributed by atoms with E-state index in [1.54, 1.807) is 0 Å². The van der Waals surface area contributed by atoms with Crippen molar-refractivity contribution in [1.82, 2.24) is 10.3 Å². The van der Waals surface area contributed by atoms with Gasteiger partial charge < -0.3 is 20.1 Å². The number of rotatable bonds is 5. The molecule has 130 valence electrons. The van der Waals surface area contributed by atoms with Gasteiger partial charge in [0.25, 0.3) is 5.91 Å². The van der Waals surface area contributed by atoms with E-state index in [1.807, 2.05) is 12.1 Å². The number of nitrogens with one attached hydrogen (secondary N) is 2. The van der Waals surface area contributed by atoms with E-state index in [0.29, 0.717) is 25.5 Å². The molecule has 1 fully saturated rings. The zero-order chi connectivity index (χ0) is 17.3. The first-order chi connectivity index (χ1) is 11.4. The molecule has 1 aromatic heterocycles. The number of aromatic amines is 1. The van der Waals surface area contributed by atoms with Crippen LogP contribution in [0.1, 0.15) is 43.9 Å². The maximum atomic E-state index is 12.4. The lowest BCUT2D eigenvalue weighted by Gasteiger charge is -2.24. The van der Waals surface area contributed by atoms with Gasteiger partial charge in [0.1, 0.15) is 0 Å². The van der Waals surface area contributed by atoms with Crippen molar-refractivity contribution in [1.29, 1.82) is 0 Å². The second-order valence-corrected chi connectivity index (χ2v) is 7.10. The fraction of sp³-hybridized carbons (Fsp3) is 0.500. The van der Waals surface area contributed by atoms with E-state index < -0.39 is 5.60 Å². The summed E-state index contributed by atoms with van der Waals surface area (Å²) >= 11 is 6.33. The average molecular weight is 351 g/mol. The number of halogens is 1. The van der Waals surface area contributed by atoms with Crippen molar-refractivity contribution in [3.05, 3.63) is 34.5 Å². The number of hydrogen-bond acceptors (Lipinski definition) is 3. The number of amides is 1. The van der Waals surface area contributed by atoms with Gasteiger partial charge in [-0.15, -0.1) is 0 Å². The summed E-state index contributed by atoms with van der Waals surface area (Å²) in [6.45, 7) is 4.78. The Labute approximate surface area is 146 Å². The van der Waals surface area contributed by atoms with Crippen molar-refractivity contribution < 1.29 is 14.6 Å². The number of aliphatic hydroxyl groups is 1. The van der Waals surface area contributed by atoms with Gasteiger partial charge in [0.05, 0.1) is 13.2 Å². The van der Waals surface area contributed by atoms with Crippen molar-refractivity contribution in [2.24, 2.45) is 0 Å². The lowest BCUT2D eigenvalue weighted by atomic mass is 10.0. The maximum absolute atomic E-state index is 12.4. The van der Waals surface area contributed by atoms with Crippen molar-refractivity contribution in [2.75, 3.05) is 13.2 Å². The molecule has 0 radical (unpaired) electrons. The molecular weight excluding hydrogens is 328 g/mol. The minimum absolute atomic E-state index is 0.262. The molecule has 1 atom stereocenters. The molecule has 0 saturated carbocycles. The summed E-state index contributed by atoms with van der Waals surface area (Å²) in [5, 5.41) is 14.1. The Morgan fingerprint density at radius 2 is 2.25 bits per heavy atom. The monoisotopic (exact) mass is 350 g/mol. The summed E-state index contributed by atoms with van der Waals surface area (Å²) in [6, 6.07) is 5.99. The van der Waals surface area contributed by atoms with E-state index in [4.69, 9.17) is 16.3 Å². The molecule has 2 aromatic rings. The first kappa shape index (κ1) is 17.3. The number of carbonyl (C=O) groups excluding carboxylic acids is 1. The number of aromatic nitrogens is 1. The highest BCUT2D eigenvalue weighted by Crippen LogP contribution is 2.30. The Kier molecular flexibility index (Phi) is 4.85. The van der Waals surface area contributed by atoms with Gasteiger partial charge in [-0.3, -0.25) is 4.79 Å². The van der Waals surface area contributed by atoms with Crippen LogP contribution in [0.15, 0.2) is 18.2 Å². The van der Waals surface area contributed by atoms with Crippen molar-refractivity contribution >= 4 is 28.4 Å². The highest BCUT2D eigenvalue weighted by atomic mass is 35.5. The highest BCUT2D eigenvalue weighted by Gasteiger charge is 2.42. The quantitative estimate of drug-likeness (QED) is 0.775. The van der Waals surface area contributed by atoms with E-state index in [-0.39, 0.29) is 12.5 Å². The number of fused-ring (bicyclic) bond motifs is 1. The number of H-pyrrole nitrogens is 1. The minimum atomic E-state index is -1.08. The Bertz CT molecular complexity index is 748. The van der Waals surface area contributed by atoms with Gasteiger partial charge in [-0.05, 0) is 42.5 Å². The Hall–Kier alpha value is -1.56. The molecule has 1 saturated heterocycles. The fourth-order valence-corrected chi connectivity index (χ4v) is 3.57. The highest BCUT2D eigenvalue weighted by molar-refractivity contribution is 6.32. The maximum Gasteiger partial charge on any atom is 0.254 e. The average Bonchev–Trinajstić information content (AvgIpc) is 3.18. The molecule has 24 heavy (non-hydrogen) atoms. The predicted molar refractivity (Wildman–Crippen MR) is 94.2 cm³/mol. The van der Waals surface area contributed by atoms with E-state index in [9.17, 15) is 9.90 Å². The van der Waals surface area contributed by atoms with Crippen LogP contribution in [-0.2, 0) is 16.1 Å². The number of benzene rings is 1. The molecule has 2 heterocycles. The summed E-state index contributed by atoms with van der Waals surface area (Å²) in [7, 11) is 0. The molecule has 0 spiro atoms. The smallest absolute Gasteiger partial charge is 0.254 e. The second kappa shape index (κ2) is 6.75. The van der Waals surface area contributed by atoms with Crippen LogP contribution >= 0.6 is 11.6 Å². The van der Waals surface area contributed by atoms with Gasteiger partial charge in [-0.25, -0.2) is 0 Å². The third-order valence-electron chi connectivity index (χ3n) is 4.63. The minimum Gasteiger partial charge on any atom is -0.393 e. The van der Waals surface area contributed by atoms with Crippen molar-refractivity contribution in [3.63, 3.8) is 0 Å². The van der Waals surface area contributed by atoms with Gasteiger partial charge >= 0.3 is 0 Å². The molecule has 1 aliphatic rings. The first-order valence-electron chi connectivity index (χ1n) is 8.29. The van der Waals surface area contributed by atoms with Crippen molar-refractivity contribution in [2.45, 2.75) is 44.8 Å². The van der Waals surface area contributed by atoms with E-state index in [2.05, 4.69) is 30.2 Å². The number of hydrogen-bond donors (Lipinski definition) is 3. The van der Waals surface area contributed by atoms with Crippen LogP contribution in [-0.4, -0.2) is 34.8 Å². The zero-order valence-corrected chi connectivity index (χ0v) is 14.7. The Morgan fingerprint density at radius 1 is 1.46 bits per heavy atom. The van der Waals surface area contributed by atoms with Gasteiger partial charge in [0, 0.05) is 28.2 Å². The SMILES string of the molecule is CC(C)c1cc2[nH]c(CNC(=O)C3(CO)CCCO3)cc2cc1Cl. The number of aliphatic hydroxyl groups excluding tert-OH is 1. The van der Waals surface area contributed by atoms with Crippen LogP contribution in [0.2, 0.25) is 5.02 Å². The summed E-state index contributed by atoms with van der Waals surface area (Å²) < 4.78 is 5.47. The van der Waals surface area contributed by atoms with Crippen LogP contribution in [0.25, 0.3) is 10.9 Å². The molecule has 6 heteroatoms. The van der Waals surface area contributed by atoms with Crippen LogP contribution in [0.4, 0.5) is 0 Å². The lowest BCUT2D eigenvalue weighted by molar-refractivity contribution is -0.146. The fourth-order valence-electron chi connectivity index (χ4n) is 3.18. The third kappa shape index (κ3) is 3.16. The van der Waals surface area contributed by atoms with Gasteiger partial charge in [-0.2, -0.15) is 0 Å². The topological polar surface area (TPSA) is 74.4 Å².